The van der Waals surface area contributed by atoms with E-state index in [-0.39, 0.29) is 5.56 Å². The summed E-state index contributed by atoms with van der Waals surface area (Å²) in [6, 6.07) is 15.9. The molecule has 156 valence electrons. The summed E-state index contributed by atoms with van der Waals surface area (Å²) in [6.07, 6.45) is 4.66. The van der Waals surface area contributed by atoms with Crippen LogP contribution < -0.4 is 5.56 Å². The van der Waals surface area contributed by atoms with Crippen LogP contribution in [-0.4, -0.2) is 21.0 Å². The molecule has 0 unspecified atom stereocenters. The van der Waals surface area contributed by atoms with E-state index in [0.29, 0.717) is 11.9 Å². The number of aromatic nitrogens is 3. The van der Waals surface area contributed by atoms with E-state index in [1.54, 1.807) is 0 Å². The molecule has 0 radical (unpaired) electrons. The molecule has 0 N–H and O–H groups in total. The van der Waals surface area contributed by atoms with Crippen LogP contribution >= 0.6 is 11.3 Å². The summed E-state index contributed by atoms with van der Waals surface area (Å²) in [4.78, 5) is 22.2. The highest BCUT2D eigenvalue weighted by Crippen LogP contribution is 2.23. The lowest BCUT2D eigenvalue weighted by Crippen LogP contribution is -2.24. The van der Waals surface area contributed by atoms with E-state index in [0.717, 1.165) is 39.5 Å². The second kappa shape index (κ2) is 9.18. The van der Waals surface area contributed by atoms with Crippen LogP contribution in [0.15, 0.2) is 69.4 Å². The fraction of sp³-hybridized carbons (Fsp3) is 0.200. The predicted molar refractivity (Wildman–Crippen MR) is 130 cm³/mol. The predicted octanol–water partition coefficient (Wildman–Crippen LogP) is 5.72. The van der Waals surface area contributed by atoms with Gasteiger partial charge in [0.15, 0.2) is 0 Å². The van der Waals surface area contributed by atoms with Crippen LogP contribution in [0.25, 0.3) is 28.1 Å². The van der Waals surface area contributed by atoms with Gasteiger partial charge in [0.2, 0.25) is 0 Å². The first-order chi connectivity index (χ1) is 15.0. The van der Waals surface area contributed by atoms with Crippen molar-refractivity contribution < 1.29 is 0 Å². The molecule has 2 aromatic heterocycles. The Hall–Kier alpha value is -3.38. The number of thiazole rings is 1. The molecule has 0 aliphatic heterocycles. The summed E-state index contributed by atoms with van der Waals surface area (Å²) in [5.74, 6) is 0. The third-order valence-corrected chi connectivity index (χ3v) is 5.74. The highest BCUT2D eigenvalue weighted by molar-refractivity contribution is 7.09. The largest absolute Gasteiger partial charge is 0.275 e. The first-order valence-corrected chi connectivity index (χ1v) is 11.1. The number of hydrogen-bond donors (Lipinski definition) is 0. The van der Waals surface area contributed by atoms with Crippen LogP contribution in [0, 0.1) is 6.92 Å². The molecule has 0 saturated heterocycles. The van der Waals surface area contributed by atoms with Crippen molar-refractivity contribution in [3.63, 3.8) is 0 Å². The van der Waals surface area contributed by atoms with Crippen LogP contribution in [0.2, 0.25) is 0 Å². The number of benzene rings is 2. The lowest BCUT2D eigenvalue weighted by molar-refractivity contribution is 0.642. The van der Waals surface area contributed by atoms with Gasteiger partial charge in [0.1, 0.15) is 5.01 Å². The molecule has 2 aromatic carbocycles. The third-order valence-electron chi connectivity index (χ3n) is 4.90. The van der Waals surface area contributed by atoms with Crippen LogP contribution in [0.4, 0.5) is 0 Å². The van der Waals surface area contributed by atoms with Crippen molar-refractivity contribution in [1.82, 2.24) is 14.8 Å². The summed E-state index contributed by atoms with van der Waals surface area (Å²) in [6.45, 7) is 6.38. The van der Waals surface area contributed by atoms with Gasteiger partial charge in [0.25, 0.3) is 5.56 Å². The maximum atomic E-state index is 13.1. The number of nitrogens with zero attached hydrogens (tertiary/aromatic N) is 4. The van der Waals surface area contributed by atoms with Crippen LogP contribution in [0.3, 0.4) is 0 Å². The van der Waals surface area contributed by atoms with E-state index >= 15 is 0 Å². The minimum atomic E-state index is -0.116. The summed E-state index contributed by atoms with van der Waals surface area (Å²) < 4.78 is 1.50. The summed E-state index contributed by atoms with van der Waals surface area (Å²) in [5.41, 5.74) is 4.66. The maximum Gasteiger partial charge on any atom is 0.275 e. The molecule has 31 heavy (non-hydrogen) atoms. The van der Waals surface area contributed by atoms with Gasteiger partial charge in [-0.05, 0) is 32.4 Å². The van der Waals surface area contributed by atoms with Crippen LogP contribution in [0.1, 0.15) is 36.5 Å². The zero-order chi connectivity index (χ0) is 21.8. The van der Waals surface area contributed by atoms with E-state index in [2.05, 4.69) is 41.3 Å². The normalized spacial score (nSPS) is 12.2. The topological polar surface area (TPSA) is 60.1 Å². The molecule has 5 nitrogen and oxygen atoms in total. The van der Waals surface area contributed by atoms with E-state index in [4.69, 9.17) is 4.98 Å². The number of aliphatic imine (C=N–C) groups is 1. The number of allylic oxidation sites excluding steroid dienone is 1. The Balaban J connectivity index is 1.73. The highest BCUT2D eigenvalue weighted by Gasteiger charge is 2.12. The molecule has 0 aliphatic carbocycles. The standard InChI is InChI=1S/C25H24N4OS/c1-4-13-26-18(3)14-22-20-7-5-6-8-21(20)25(30)29(28-22)15-24-27-23(16-31-24)19-11-9-17(2)10-12-19/h5-14,16H,4,15H2,1-3H3/b18-14-,26-13?. The number of fused-ring (bicyclic) bond motifs is 1. The molecule has 0 atom stereocenters. The number of aryl methyl sites for hydroxylation is 1. The summed E-state index contributed by atoms with van der Waals surface area (Å²) >= 11 is 1.54. The van der Waals surface area contributed by atoms with Gasteiger partial charge in [-0.1, -0.05) is 55.0 Å². The molecular weight excluding hydrogens is 404 g/mol. The van der Waals surface area contributed by atoms with Crippen molar-refractivity contribution in [2.75, 3.05) is 0 Å². The minimum absolute atomic E-state index is 0.116. The minimum Gasteiger partial charge on any atom is -0.267 e. The smallest absolute Gasteiger partial charge is 0.267 e. The molecule has 4 aromatic rings. The Labute approximate surface area is 185 Å². The molecule has 6 heteroatoms. The number of hydrogen-bond acceptors (Lipinski definition) is 5. The summed E-state index contributed by atoms with van der Waals surface area (Å²) in [5, 5.41) is 9.00. The molecule has 0 amide bonds. The fourth-order valence-corrected chi connectivity index (χ4v) is 4.10. The Bertz CT molecular complexity index is 1330. The van der Waals surface area contributed by atoms with Gasteiger partial charge >= 0.3 is 0 Å². The lowest BCUT2D eigenvalue weighted by Gasteiger charge is -2.08. The number of rotatable bonds is 6. The average molecular weight is 429 g/mol. The van der Waals surface area contributed by atoms with E-state index < -0.39 is 0 Å². The van der Waals surface area contributed by atoms with Crippen LogP contribution in [-0.2, 0) is 6.54 Å². The van der Waals surface area contributed by atoms with Crippen molar-refractivity contribution in [3.8, 4) is 11.3 Å². The lowest BCUT2D eigenvalue weighted by atomic mass is 10.1. The van der Waals surface area contributed by atoms with Gasteiger partial charge in [0, 0.05) is 28.2 Å². The molecule has 0 aliphatic rings. The molecule has 2 heterocycles. The monoisotopic (exact) mass is 428 g/mol. The fourth-order valence-electron chi connectivity index (χ4n) is 3.31. The Morgan fingerprint density at radius 2 is 1.87 bits per heavy atom. The van der Waals surface area contributed by atoms with Crippen molar-refractivity contribution in [2.24, 2.45) is 4.99 Å². The third kappa shape index (κ3) is 4.70. The zero-order valence-electron chi connectivity index (χ0n) is 17.9. The molecule has 0 spiro atoms. The van der Waals surface area contributed by atoms with Crippen molar-refractivity contribution >= 4 is 34.4 Å². The molecule has 0 fully saturated rings. The molecule has 0 saturated carbocycles. The highest BCUT2D eigenvalue weighted by atomic mass is 32.1. The Morgan fingerprint density at radius 1 is 1.13 bits per heavy atom. The van der Waals surface area contributed by atoms with Crippen molar-refractivity contribution in [3.05, 3.63) is 86.2 Å². The summed E-state index contributed by atoms with van der Waals surface area (Å²) in [7, 11) is 0. The van der Waals surface area contributed by atoms with Crippen LogP contribution in [0.5, 0.6) is 0 Å². The van der Waals surface area contributed by atoms with Gasteiger partial charge in [-0.15, -0.1) is 11.3 Å². The second-order valence-corrected chi connectivity index (χ2v) is 8.33. The maximum absolute atomic E-state index is 13.1. The molecule has 0 bridgehead atoms. The first kappa shape index (κ1) is 20.9. The second-order valence-electron chi connectivity index (χ2n) is 7.39. The first-order valence-electron chi connectivity index (χ1n) is 10.3. The SMILES string of the molecule is CCC=N/C(C)=C\c1nn(Cc2nc(-c3ccc(C)cc3)cs2)c(=O)c2ccccc12. The van der Waals surface area contributed by atoms with Gasteiger partial charge in [-0.2, -0.15) is 5.10 Å². The van der Waals surface area contributed by atoms with Crippen molar-refractivity contribution in [2.45, 2.75) is 33.7 Å². The zero-order valence-corrected chi connectivity index (χ0v) is 18.7. The van der Waals surface area contributed by atoms with Gasteiger partial charge in [-0.3, -0.25) is 9.79 Å². The Morgan fingerprint density at radius 3 is 2.61 bits per heavy atom. The van der Waals surface area contributed by atoms with E-state index in [9.17, 15) is 4.79 Å². The van der Waals surface area contributed by atoms with Gasteiger partial charge in [-0.25, -0.2) is 9.67 Å². The van der Waals surface area contributed by atoms with Crippen molar-refractivity contribution in [1.29, 1.82) is 0 Å². The quantitative estimate of drug-likeness (QED) is 0.369. The van der Waals surface area contributed by atoms with E-state index in [1.807, 2.05) is 55.8 Å². The van der Waals surface area contributed by atoms with Gasteiger partial charge < -0.3 is 0 Å². The Kier molecular flexibility index (Phi) is 6.18. The molecular formula is C25H24N4OS. The molecule has 4 rings (SSSR count). The van der Waals surface area contributed by atoms with Gasteiger partial charge in [0.05, 0.1) is 23.3 Å². The van der Waals surface area contributed by atoms with E-state index in [1.165, 1.54) is 21.6 Å². The average Bonchev–Trinajstić information content (AvgIpc) is 3.24.